The maximum Gasteiger partial charge on any atom is 0.420 e. The zero-order chi connectivity index (χ0) is 20.1. The molecule has 1 N–H and O–H groups in total. The fourth-order valence-corrected chi connectivity index (χ4v) is 3.27. The first-order valence-electron chi connectivity index (χ1n) is 8.93. The minimum absolute atomic E-state index is 0.197. The molecule has 0 radical (unpaired) electrons. The van der Waals surface area contributed by atoms with Gasteiger partial charge in [0.25, 0.3) is 0 Å². The normalized spacial score (nSPS) is 11.6. The van der Waals surface area contributed by atoms with Gasteiger partial charge >= 0.3 is 6.18 Å². The number of hydrogen-bond acceptors (Lipinski definition) is 3. The highest BCUT2D eigenvalue weighted by Gasteiger charge is 2.35. The van der Waals surface area contributed by atoms with Crippen molar-refractivity contribution in [1.82, 2.24) is 5.32 Å². The van der Waals surface area contributed by atoms with Crippen LogP contribution in [0.5, 0.6) is 11.5 Å². The van der Waals surface area contributed by atoms with Gasteiger partial charge in [0.2, 0.25) is 0 Å². The summed E-state index contributed by atoms with van der Waals surface area (Å²) >= 11 is 0. The fourth-order valence-electron chi connectivity index (χ4n) is 3.27. The number of alkyl halides is 3. The standard InChI is InChI=1S/C22H22F3NO2/c1-27-20-13-19(22(23,24)25)21(28-2)12-16(20)10-11-26-14-17-8-5-7-15-6-3-4-9-18(15)17/h3-9,12-13,26H,10-11,14H2,1-2H3. The van der Waals surface area contributed by atoms with Gasteiger partial charge in [-0.1, -0.05) is 42.5 Å². The topological polar surface area (TPSA) is 30.5 Å². The van der Waals surface area contributed by atoms with Gasteiger partial charge in [0.15, 0.2) is 0 Å². The summed E-state index contributed by atoms with van der Waals surface area (Å²) in [7, 11) is 2.61. The molecule has 6 heteroatoms. The van der Waals surface area contributed by atoms with Crippen LogP contribution in [0.4, 0.5) is 13.2 Å². The smallest absolute Gasteiger partial charge is 0.420 e. The molecule has 0 saturated heterocycles. The molecule has 0 saturated carbocycles. The van der Waals surface area contributed by atoms with Gasteiger partial charge in [-0.2, -0.15) is 13.2 Å². The predicted molar refractivity (Wildman–Crippen MR) is 104 cm³/mol. The Balaban J connectivity index is 1.70. The van der Waals surface area contributed by atoms with E-state index in [1.165, 1.54) is 36.6 Å². The Kier molecular flexibility index (Phi) is 6.09. The Bertz CT molecular complexity index is 949. The van der Waals surface area contributed by atoms with Gasteiger partial charge in [-0.3, -0.25) is 0 Å². The summed E-state index contributed by atoms with van der Waals surface area (Å²) in [6.45, 7) is 1.26. The molecule has 3 rings (SSSR count). The Hall–Kier alpha value is -2.73. The van der Waals surface area contributed by atoms with Crippen LogP contribution in [0, 0.1) is 0 Å². The molecule has 0 spiro atoms. The summed E-state index contributed by atoms with van der Waals surface area (Å²) < 4.78 is 49.6. The van der Waals surface area contributed by atoms with Gasteiger partial charge in [-0.15, -0.1) is 0 Å². The SMILES string of the molecule is COc1cc(C(F)(F)F)c(OC)cc1CCNCc1cccc2ccccc12. The zero-order valence-electron chi connectivity index (χ0n) is 15.8. The molecule has 0 fully saturated rings. The molecule has 0 atom stereocenters. The van der Waals surface area contributed by atoms with Crippen LogP contribution in [0.1, 0.15) is 16.7 Å². The van der Waals surface area contributed by atoms with E-state index in [-0.39, 0.29) is 11.5 Å². The molecule has 0 unspecified atom stereocenters. The van der Waals surface area contributed by atoms with E-state index in [0.717, 1.165) is 6.07 Å². The Morgan fingerprint density at radius 1 is 0.857 bits per heavy atom. The molecule has 3 aromatic carbocycles. The summed E-state index contributed by atoms with van der Waals surface area (Å²) in [6.07, 6.45) is -3.98. The third kappa shape index (κ3) is 4.39. The fraction of sp³-hybridized carbons (Fsp3) is 0.273. The minimum Gasteiger partial charge on any atom is -0.496 e. The van der Waals surface area contributed by atoms with Crippen molar-refractivity contribution in [3.8, 4) is 11.5 Å². The number of methoxy groups -OCH3 is 2. The first kappa shape index (κ1) is 20.0. The number of rotatable bonds is 7. The molecule has 0 bridgehead atoms. The van der Waals surface area contributed by atoms with Crippen molar-refractivity contribution < 1.29 is 22.6 Å². The van der Waals surface area contributed by atoms with Crippen molar-refractivity contribution in [3.63, 3.8) is 0 Å². The van der Waals surface area contributed by atoms with Crippen molar-refractivity contribution in [1.29, 1.82) is 0 Å². The molecule has 0 aliphatic rings. The van der Waals surface area contributed by atoms with Crippen molar-refractivity contribution in [2.45, 2.75) is 19.1 Å². The highest BCUT2D eigenvalue weighted by Crippen LogP contribution is 2.40. The molecule has 148 valence electrons. The summed E-state index contributed by atoms with van der Waals surface area (Å²) in [6, 6.07) is 16.7. The predicted octanol–water partition coefficient (Wildman–Crippen LogP) is 5.21. The lowest BCUT2D eigenvalue weighted by molar-refractivity contribution is -0.138. The Morgan fingerprint density at radius 2 is 1.57 bits per heavy atom. The molecule has 0 aliphatic heterocycles. The van der Waals surface area contributed by atoms with Gasteiger partial charge < -0.3 is 14.8 Å². The highest BCUT2D eigenvalue weighted by atomic mass is 19.4. The van der Waals surface area contributed by atoms with E-state index in [9.17, 15) is 13.2 Å². The maximum absolute atomic E-state index is 13.2. The van der Waals surface area contributed by atoms with E-state index in [0.29, 0.717) is 25.1 Å². The van der Waals surface area contributed by atoms with Crippen LogP contribution in [0.2, 0.25) is 0 Å². The van der Waals surface area contributed by atoms with E-state index in [1.807, 2.05) is 18.2 Å². The first-order valence-corrected chi connectivity index (χ1v) is 8.93. The Labute approximate surface area is 162 Å². The van der Waals surface area contributed by atoms with Crippen molar-refractivity contribution >= 4 is 10.8 Å². The van der Waals surface area contributed by atoms with Gasteiger partial charge in [-0.05, 0) is 47.0 Å². The number of fused-ring (bicyclic) bond motifs is 1. The number of benzene rings is 3. The molecule has 3 nitrogen and oxygen atoms in total. The van der Waals surface area contributed by atoms with E-state index < -0.39 is 11.7 Å². The van der Waals surface area contributed by atoms with Crippen LogP contribution >= 0.6 is 0 Å². The van der Waals surface area contributed by atoms with Crippen LogP contribution in [0.25, 0.3) is 10.8 Å². The largest absolute Gasteiger partial charge is 0.496 e. The van der Waals surface area contributed by atoms with E-state index >= 15 is 0 Å². The van der Waals surface area contributed by atoms with Gasteiger partial charge in [0.05, 0.1) is 14.2 Å². The van der Waals surface area contributed by atoms with Gasteiger partial charge in [0, 0.05) is 6.54 Å². The number of hydrogen-bond donors (Lipinski definition) is 1. The second-order valence-corrected chi connectivity index (χ2v) is 6.43. The van der Waals surface area contributed by atoms with Crippen LogP contribution < -0.4 is 14.8 Å². The third-order valence-electron chi connectivity index (χ3n) is 4.67. The van der Waals surface area contributed by atoms with Gasteiger partial charge in [-0.25, -0.2) is 0 Å². The molecule has 28 heavy (non-hydrogen) atoms. The van der Waals surface area contributed by atoms with Crippen LogP contribution in [-0.2, 0) is 19.1 Å². The quantitative estimate of drug-likeness (QED) is 0.563. The molecule has 0 aliphatic carbocycles. The van der Waals surface area contributed by atoms with Crippen molar-refractivity contribution in [3.05, 3.63) is 71.3 Å². The molecule has 3 aromatic rings. The number of ether oxygens (including phenoxy) is 2. The average Bonchev–Trinajstić information content (AvgIpc) is 2.69. The molecular weight excluding hydrogens is 367 g/mol. The lowest BCUT2D eigenvalue weighted by Gasteiger charge is -2.17. The maximum atomic E-state index is 13.2. The Morgan fingerprint density at radius 3 is 2.29 bits per heavy atom. The van der Waals surface area contributed by atoms with E-state index in [2.05, 4.69) is 29.6 Å². The summed E-state index contributed by atoms with van der Waals surface area (Å²) in [4.78, 5) is 0. The van der Waals surface area contributed by atoms with Crippen LogP contribution in [-0.4, -0.2) is 20.8 Å². The minimum atomic E-state index is -4.50. The van der Waals surface area contributed by atoms with Crippen molar-refractivity contribution in [2.24, 2.45) is 0 Å². The lowest BCUT2D eigenvalue weighted by atomic mass is 10.0. The van der Waals surface area contributed by atoms with E-state index in [4.69, 9.17) is 9.47 Å². The summed E-state index contributed by atoms with van der Waals surface area (Å²) in [5.74, 6) is 0.0115. The molecule has 0 aromatic heterocycles. The van der Waals surface area contributed by atoms with Crippen LogP contribution in [0.3, 0.4) is 0 Å². The second kappa shape index (κ2) is 8.52. The third-order valence-corrected chi connectivity index (χ3v) is 4.67. The van der Waals surface area contributed by atoms with Gasteiger partial charge in [0.1, 0.15) is 17.1 Å². The lowest BCUT2D eigenvalue weighted by Crippen LogP contribution is -2.17. The monoisotopic (exact) mass is 389 g/mol. The summed E-state index contributed by atoms with van der Waals surface area (Å²) in [5, 5.41) is 5.72. The first-order chi connectivity index (χ1) is 13.4. The highest BCUT2D eigenvalue weighted by molar-refractivity contribution is 5.85. The molecule has 0 amide bonds. The zero-order valence-corrected chi connectivity index (χ0v) is 15.8. The van der Waals surface area contributed by atoms with Crippen LogP contribution in [0.15, 0.2) is 54.6 Å². The number of nitrogens with one attached hydrogen (secondary N) is 1. The second-order valence-electron chi connectivity index (χ2n) is 6.43. The number of halogens is 3. The molecule has 0 heterocycles. The average molecular weight is 389 g/mol. The van der Waals surface area contributed by atoms with E-state index in [1.54, 1.807) is 0 Å². The molecular formula is C22H22F3NO2. The summed E-state index contributed by atoms with van der Waals surface area (Å²) in [5.41, 5.74) is 1.01. The van der Waals surface area contributed by atoms with Crippen molar-refractivity contribution in [2.75, 3.05) is 20.8 Å².